The highest BCUT2D eigenvalue weighted by atomic mass is 16.5. The first-order valence-electron chi connectivity index (χ1n) is 9.16. The number of ether oxygens (including phenoxy) is 1. The summed E-state index contributed by atoms with van der Waals surface area (Å²) < 4.78 is 5.25. The molecular weight excluding hydrogens is 316 g/mol. The van der Waals surface area contributed by atoms with Gasteiger partial charge in [0.15, 0.2) is 0 Å². The second-order valence-corrected chi connectivity index (χ2v) is 6.75. The van der Waals surface area contributed by atoms with Crippen LogP contribution < -0.4 is 10.6 Å². The van der Waals surface area contributed by atoms with Gasteiger partial charge < -0.3 is 15.4 Å². The summed E-state index contributed by atoms with van der Waals surface area (Å²) in [6.45, 7) is 10.3. The van der Waals surface area contributed by atoms with Crippen LogP contribution in [0.2, 0.25) is 0 Å². The van der Waals surface area contributed by atoms with Crippen molar-refractivity contribution in [2.75, 3.05) is 0 Å². The molecule has 5 nitrogen and oxygen atoms in total. The van der Waals surface area contributed by atoms with Crippen molar-refractivity contribution in [2.24, 2.45) is 11.8 Å². The number of hydrogen-bond donors (Lipinski definition) is 2. The second kappa shape index (κ2) is 10.7. The van der Waals surface area contributed by atoms with Crippen molar-refractivity contribution < 1.29 is 14.3 Å². The smallest absolute Gasteiger partial charge is 0.408 e. The van der Waals surface area contributed by atoms with Gasteiger partial charge in [-0.1, -0.05) is 70.9 Å². The summed E-state index contributed by atoms with van der Waals surface area (Å²) in [6.07, 6.45) is 1.21. The van der Waals surface area contributed by atoms with Gasteiger partial charge in [0.1, 0.15) is 12.6 Å². The number of rotatable bonds is 9. The minimum Gasteiger partial charge on any atom is -0.445 e. The van der Waals surface area contributed by atoms with Crippen LogP contribution in [0.5, 0.6) is 0 Å². The summed E-state index contributed by atoms with van der Waals surface area (Å²) in [5.41, 5.74) is 0.910. The number of carbonyl (C=O) groups is 2. The van der Waals surface area contributed by atoms with E-state index in [1.54, 1.807) is 0 Å². The van der Waals surface area contributed by atoms with Crippen molar-refractivity contribution in [2.45, 2.75) is 66.2 Å². The van der Waals surface area contributed by atoms with E-state index in [0.29, 0.717) is 5.92 Å². The predicted molar refractivity (Wildman–Crippen MR) is 100 cm³/mol. The van der Waals surface area contributed by atoms with Crippen LogP contribution in [0.25, 0.3) is 0 Å². The van der Waals surface area contributed by atoms with Gasteiger partial charge in [0, 0.05) is 6.04 Å². The van der Waals surface area contributed by atoms with Gasteiger partial charge in [-0.25, -0.2) is 4.79 Å². The lowest BCUT2D eigenvalue weighted by atomic mass is 9.96. The van der Waals surface area contributed by atoms with Gasteiger partial charge in [-0.2, -0.15) is 0 Å². The Kier molecular flexibility index (Phi) is 9.03. The normalized spacial score (nSPS) is 15.6. The molecule has 140 valence electrons. The fraction of sp³-hybridized carbons (Fsp3) is 0.600. The molecule has 0 aromatic heterocycles. The maximum Gasteiger partial charge on any atom is 0.408 e. The highest BCUT2D eigenvalue weighted by Gasteiger charge is 2.28. The highest BCUT2D eigenvalue weighted by Crippen LogP contribution is 2.12. The molecule has 2 N–H and O–H groups in total. The number of benzene rings is 1. The summed E-state index contributed by atoms with van der Waals surface area (Å²) in [7, 11) is 0. The third-order valence-electron chi connectivity index (χ3n) is 4.85. The Balaban J connectivity index is 2.62. The zero-order chi connectivity index (χ0) is 18.8. The van der Waals surface area contributed by atoms with Gasteiger partial charge in [0.25, 0.3) is 0 Å². The van der Waals surface area contributed by atoms with E-state index < -0.39 is 12.1 Å². The minimum absolute atomic E-state index is 0.0217. The third-order valence-corrected chi connectivity index (χ3v) is 4.85. The van der Waals surface area contributed by atoms with Gasteiger partial charge >= 0.3 is 6.09 Å². The van der Waals surface area contributed by atoms with Crippen LogP contribution in [0.4, 0.5) is 4.79 Å². The standard InChI is InChI=1S/C20H32N2O3/c1-6-14(3)16(5)21-19(23)18(15(4)7-2)22-20(24)25-13-17-11-9-8-10-12-17/h8-12,14-16,18H,6-7,13H2,1-5H3,(H,21,23)(H,22,24)/t14-,15+,16?,18-/m0/s1. The molecule has 1 aromatic rings. The van der Waals surface area contributed by atoms with Crippen LogP contribution in [-0.2, 0) is 16.1 Å². The van der Waals surface area contributed by atoms with Gasteiger partial charge in [-0.3, -0.25) is 4.79 Å². The number of carbonyl (C=O) groups excluding carboxylic acids is 2. The summed E-state index contributed by atoms with van der Waals surface area (Å²) in [6, 6.07) is 8.93. The van der Waals surface area contributed by atoms with Crippen LogP contribution in [0.3, 0.4) is 0 Å². The summed E-state index contributed by atoms with van der Waals surface area (Å²) in [5.74, 6) is 0.249. The van der Waals surface area contributed by atoms with Gasteiger partial charge in [0.2, 0.25) is 5.91 Å². The van der Waals surface area contributed by atoms with E-state index in [-0.39, 0.29) is 24.5 Å². The molecule has 0 aliphatic rings. The number of amides is 2. The first-order chi connectivity index (χ1) is 11.9. The number of hydrogen-bond acceptors (Lipinski definition) is 3. The van der Waals surface area contributed by atoms with Crippen LogP contribution in [0, 0.1) is 11.8 Å². The molecule has 5 heteroatoms. The Morgan fingerprint density at radius 3 is 2.12 bits per heavy atom. The minimum atomic E-state index is -0.597. The number of alkyl carbamates (subject to hydrolysis) is 1. The summed E-state index contributed by atoms with van der Waals surface area (Å²) in [5, 5.41) is 5.74. The van der Waals surface area contributed by atoms with E-state index in [1.165, 1.54) is 0 Å². The van der Waals surface area contributed by atoms with Crippen LogP contribution in [0.1, 0.15) is 53.0 Å². The molecule has 0 spiro atoms. The van der Waals surface area contributed by atoms with E-state index in [1.807, 2.05) is 51.1 Å². The van der Waals surface area contributed by atoms with E-state index in [9.17, 15) is 9.59 Å². The van der Waals surface area contributed by atoms with Crippen molar-refractivity contribution in [3.8, 4) is 0 Å². The molecular formula is C20H32N2O3. The molecule has 1 rings (SSSR count). The average molecular weight is 348 g/mol. The Bertz CT molecular complexity index is 533. The Hall–Kier alpha value is -2.04. The molecule has 4 atom stereocenters. The highest BCUT2D eigenvalue weighted by molar-refractivity contribution is 5.86. The van der Waals surface area contributed by atoms with Gasteiger partial charge in [-0.05, 0) is 24.3 Å². The first kappa shape index (κ1) is 21.0. The molecule has 0 saturated heterocycles. The van der Waals surface area contributed by atoms with Crippen molar-refractivity contribution >= 4 is 12.0 Å². The zero-order valence-electron chi connectivity index (χ0n) is 16.0. The van der Waals surface area contributed by atoms with Crippen LogP contribution >= 0.6 is 0 Å². The van der Waals surface area contributed by atoms with Crippen molar-refractivity contribution in [1.82, 2.24) is 10.6 Å². The Labute approximate surface area is 151 Å². The largest absolute Gasteiger partial charge is 0.445 e. The van der Waals surface area contributed by atoms with Crippen molar-refractivity contribution in [3.63, 3.8) is 0 Å². The lowest BCUT2D eigenvalue weighted by molar-refractivity contribution is -0.125. The van der Waals surface area contributed by atoms with E-state index in [2.05, 4.69) is 24.5 Å². The molecule has 0 heterocycles. The van der Waals surface area contributed by atoms with E-state index >= 15 is 0 Å². The molecule has 25 heavy (non-hydrogen) atoms. The molecule has 0 aliphatic carbocycles. The fourth-order valence-corrected chi connectivity index (χ4v) is 2.40. The second-order valence-electron chi connectivity index (χ2n) is 6.75. The topological polar surface area (TPSA) is 67.4 Å². The number of nitrogens with one attached hydrogen (secondary N) is 2. The summed E-state index contributed by atoms with van der Waals surface area (Å²) >= 11 is 0. The third kappa shape index (κ3) is 7.16. The van der Waals surface area contributed by atoms with Crippen molar-refractivity contribution in [3.05, 3.63) is 35.9 Å². The molecule has 0 fully saturated rings. The maximum absolute atomic E-state index is 12.6. The molecule has 0 saturated carbocycles. The maximum atomic E-state index is 12.6. The van der Waals surface area contributed by atoms with Crippen LogP contribution in [0.15, 0.2) is 30.3 Å². The molecule has 0 radical (unpaired) electrons. The summed E-state index contributed by atoms with van der Waals surface area (Å²) in [4.78, 5) is 24.7. The van der Waals surface area contributed by atoms with Crippen molar-refractivity contribution in [1.29, 1.82) is 0 Å². The van der Waals surface area contributed by atoms with E-state index in [0.717, 1.165) is 18.4 Å². The van der Waals surface area contributed by atoms with Gasteiger partial charge in [-0.15, -0.1) is 0 Å². The molecule has 1 aromatic carbocycles. The molecule has 0 bridgehead atoms. The molecule has 0 aliphatic heterocycles. The quantitative estimate of drug-likeness (QED) is 0.712. The molecule has 2 amide bonds. The lowest BCUT2D eigenvalue weighted by Crippen LogP contribution is -2.53. The average Bonchev–Trinajstić information content (AvgIpc) is 2.63. The van der Waals surface area contributed by atoms with Crippen LogP contribution in [-0.4, -0.2) is 24.1 Å². The van der Waals surface area contributed by atoms with Gasteiger partial charge in [0.05, 0.1) is 0 Å². The monoisotopic (exact) mass is 348 g/mol. The van der Waals surface area contributed by atoms with E-state index in [4.69, 9.17) is 4.74 Å². The SMILES string of the molecule is CC[C@@H](C)[C@H](NC(=O)OCc1ccccc1)C(=O)NC(C)[C@@H](C)CC. The Morgan fingerprint density at radius 1 is 0.960 bits per heavy atom. The molecule has 1 unspecified atom stereocenters. The Morgan fingerprint density at radius 2 is 1.56 bits per heavy atom. The fourth-order valence-electron chi connectivity index (χ4n) is 2.40. The first-order valence-corrected chi connectivity index (χ1v) is 9.16. The predicted octanol–water partition coefficient (Wildman–Crippen LogP) is 3.88. The zero-order valence-corrected chi connectivity index (χ0v) is 16.0. The lowest BCUT2D eigenvalue weighted by Gasteiger charge is -2.27.